The van der Waals surface area contributed by atoms with Crippen LogP contribution in [0.2, 0.25) is 0 Å². The minimum absolute atomic E-state index is 0.0374. The van der Waals surface area contributed by atoms with Crippen molar-refractivity contribution in [3.05, 3.63) is 0 Å². The number of carbonyl (C=O) groups is 2. The highest BCUT2D eigenvalue weighted by atomic mass is 16.5. The lowest BCUT2D eigenvalue weighted by molar-refractivity contribution is -0.151. The summed E-state index contributed by atoms with van der Waals surface area (Å²) in [4.78, 5) is 24.6. The molecule has 0 aromatic rings. The van der Waals surface area contributed by atoms with Crippen molar-refractivity contribution in [1.29, 1.82) is 0 Å². The molecule has 2 aliphatic heterocycles. The lowest BCUT2D eigenvalue weighted by Gasteiger charge is -2.28. The van der Waals surface area contributed by atoms with Gasteiger partial charge in [0.2, 0.25) is 5.91 Å². The van der Waals surface area contributed by atoms with Gasteiger partial charge in [-0.2, -0.15) is 0 Å². The molecule has 2 heterocycles. The quantitative estimate of drug-likeness (QED) is 0.745. The van der Waals surface area contributed by atoms with E-state index in [1.165, 1.54) is 4.90 Å². The Morgan fingerprint density at radius 1 is 1.25 bits per heavy atom. The van der Waals surface area contributed by atoms with E-state index in [0.29, 0.717) is 26.2 Å². The summed E-state index contributed by atoms with van der Waals surface area (Å²) in [6, 6.07) is -0.616. The molecular weight excluding hydrogens is 210 g/mol. The predicted octanol–water partition coefficient (Wildman–Crippen LogP) is 0.489. The first-order chi connectivity index (χ1) is 7.70. The van der Waals surface area contributed by atoms with Gasteiger partial charge in [0.1, 0.15) is 6.04 Å². The molecule has 90 valence electrons. The highest BCUT2D eigenvalue weighted by Gasteiger charge is 2.37. The van der Waals surface area contributed by atoms with Crippen molar-refractivity contribution in [3.63, 3.8) is 0 Å². The average Bonchev–Trinajstić information content (AvgIpc) is 2.78. The summed E-state index contributed by atoms with van der Waals surface area (Å²) in [5.41, 5.74) is 0. The summed E-state index contributed by atoms with van der Waals surface area (Å²) in [7, 11) is 0. The highest BCUT2D eigenvalue weighted by molar-refractivity contribution is 5.85. The number of carboxylic acid groups (broad SMARTS) is 1. The minimum Gasteiger partial charge on any atom is -0.480 e. The Kier molecular flexibility index (Phi) is 3.43. The molecule has 5 heteroatoms. The summed E-state index contributed by atoms with van der Waals surface area (Å²) in [5, 5.41) is 9.01. The second-order valence-electron chi connectivity index (χ2n) is 4.44. The van der Waals surface area contributed by atoms with Crippen molar-refractivity contribution in [3.8, 4) is 0 Å². The number of ether oxygens (including phenoxy) is 1. The third-order valence-corrected chi connectivity index (χ3v) is 3.33. The van der Waals surface area contributed by atoms with Crippen molar-refractivity contribution in [2.24, 2.45) is 5.92 Å². The van der Waals surface area contributed by atoms with Crippen molar-refractivity contribution in [2.75, 3.05) is 19.8 Å². The fraction of sp³-hybridized carbons (Fsp3) is 0.818. The molecule has 16 heavy (non-hydrogen) atoms. The fourth-order valence-electron chi connectivity index (χ4n) is 2.46. The number of carboxylic acids is 1. The Morgan fingerprint density at radius 2 is 2.06 bits per heavy atom. The zero-order chi connectivity index (χ0) is 11.5. The Balaban J connectivity index is 1.99. The van der Waals surface area contributed by atoms with Crippen LogP contribution in [0.4, 0.5) is 0 Å². The molecule has 2 aliphatic rings. The Hall–Kier alpha value is -1.10. The van der Waals surface area contributed by atoms with Gasteiger partial charge in [-0.25, -0.2) is 4.79 Å². The Morgan fingerprint density at radius 3 is 2.69 bits per heavy atom. The molecule has 2 fully saturated rings. The number of hydrogen-bond donors (Lipinski definition) is 1. The average molecular weight is 227 g/mol. The summed E-state index contributed by atoms with van der Waals surface area (Å²) < 4.78 is 5.26. The van der Waals surface area contributed by atoms with Gasteiger partial charge in [-0.15, -0.1) is 0 Å². The van der Waals surface area contributed by atoms with E-state index in [4.69, 9.17) is 9.84 Å². The van der Waals surface area contributed by atoms with E-state index in [0.717, 1.165) is 19.3 Å². The van der Waals surface area contributed by atoms with Gasteiger partial charge >= 0.3 is 5.97 Å². The lowest BCUT2D eigenvalue weighted by atomic mass is 10.0. The van der Waals surface area contributed by atoms with Gasteiger partial charge in [0.05, 0.1) is 12.5 Å². The molecule has 5 nitrogen and oxygen atoms in total. The molecule has 0 aromatic heterocycles. The molecule has 0 spiro atoms. The van der Waals surface area contributed by atoms with E-state index in [9.17, 15) is 9.59 Å². The van der Waals surface area contributed by atoms with E-state index in [1.54, 1.807) is 0 Å². The largest absolute Gasteiger partial charge is 0.480 e. The molecule has 0 bridgehead atoms. The van der Waals surface area contributed by atoms with Crippen molar-refractivity contribution < 1.29 is 19.4 Å². The van der Waals surface area contributed by atoms with Gasteiger partial charge < -0.3 is 14.7 Å². The third kappa shape index (κ3) is 2.19. The maximum Gasteiger partial charge on any atom is 0.326 e. The first-order valence-electron chi connectivity index (χ1n) is 5.81. The predicted molar refractivity (Wildman–Crippen MR) is 55.9 cm³/mol. The van der Waals surface area contributed by atoms with E-state index >= 15 is 0 Å². The smallest absolute Gasteiger partial charge is 0.326 e. The van der Waals surface area contributed by atoms with E-state index in [1.807, 2.05) is 0 Å². The minimum atomic E-state index is -0.887. The lowest BCUT2D eigenvalue weighted by Crippen LogP contribution is -2.45. The second kappa shape index (κ2) is 4.82. The van der Waals surface area contributed by atoms with Crippen molar-refractivity contribution in [2.45, 2.75) is 31.7 Å². The number of rotatable bonds is 2. The highest BCUT2D eigenvalue weighted by Crippen LogP contribution is 2.23. The van der Waals surface area contributed by atoms with Gasteiger partial charge in [0.25, 0.3) is 0 Å². The van der Waals surface area contributed by atoms with Crippen LogP contribution in [0.3, 0.4) is 0 Å². The van der Waals surface area contributed by atoms with Crippen LogP contribution in [-0.2, 0) is 14.3 Å². The van der Waals surface area contributed by atoms with Gasteiger partial charge in [0, 0.05) is 13.2 Å². The molecular formula is C11H17NO4. The van der Waals surface area contributed by atoms with Gasteiger partial charge in [-0.3, -0.25) is 4.79 Å². The van der Waals surface area contributed by atoms with Crippen LogP contribution in [0.15, 0.2) is 0 Å². The van der Waals surface area contributed by atoms with Crippen LogP contribution in [0.25, 0.3) is 0 Å². The third-order valence-electron chi connectivity index (χ3n) is 3.33. The molecule has 2 saturated heterocycles. The van der Waals surface area contributed by atoms with Crippen molar-refractivity contribution in [1.82, 2.24) is 4.90 Å². The SMILES string of the molecule is O=C(O)C1CCCN1C(=O)C1CCCOC1. The van der Waals surface area contributed by atoms with Crippen LogP contribution in [0, 0.1) is 5.92 Å². The first-order valence-corrected chi connectivity index (χ1v) is 5.81. The number of aliphatic carboxylic acids is 1. The first kappa shape index (κ1) is 11.4. The second-order valence-corrected chi connectivity index (χ2v) is 4.44. The summed E-state index contributed by atoms with van der Waals surface area (Å²) in [5.74, 6) is -1.05. The van der Waals surface area contributed by atoms with Crippen LogP contribution in [0.1, 0.15) is 25.7 Å². The maximum atomic E-state index is 12.1. The zero-order valence-corrected chi connectivity index (χ0v) is 9.22. The van der Waals surface area contributed by atoms with Crippen LogP contribution < -0.4 is 0 Å². The number of carbonyl (C=O) groups excluding carboxylic acids is 1. The standard InChI is InChI=1S/C11H17NO4/c13-10(8-3-2-6-16-7-8)12-5-1-4-9(12)11(14)15/h8-9H,1-7H2,(H,14,15). The Labute approximate surface area is 94.4 Å². The van der Waals surface area contributed by atoms with Crippen LogP contribution in [0.5, 0.6) is 0 Å². The van der Waals surface area contributed by atoms with Crippen molar-refractivity contribution >= 4 is 11.9 Å². The number of amides is 1. The van der Waals surface area contributed by atoms with Gasteiger partial charge in [-0.1, -0.05) is 0 Å². The number of nitrogens with zero attached hydrogens (tertiary/aromatic N) is 1. The molecule has 1 amide bonds. The summed E-state index contributed by atoms with van der Waals surface area (Å²) in [6.07, 6.45) is 3.08. The summed E-state index contributed by atoms with van der Waals surface area (Å²) >= 11 is 0. The topological polar surface area (TPSA) is 66.8 Å². The fourth-order valence-corrected chi connectivity index (χ4v) is 2.46. The molecule has 1 N–H and O–H groups in total. The molecule has 2 rings (SSSR count). The molecule has 2 atom stereocenters. The van der Waals surface area contributed by atoms with Crippen LogP contribution >= 0.6 is 0 Å². The van der Waals surface area contributed by atoms with Gasteiger partial charge in [0.15, 0.2) is 0 Å². The zero-order valence-electron chi connectivity index (χ0n) is 9.22. The monoisotopic (exact) mass is 227 g/mol. The summed E-state index contributed by atoms with van der Waals surface area (Å²) in [6.45, 7) is 1.74. The van der Waals surface area contributed by atoms with E-state index < -0.39 is 12.0 Å². The number of hydrogen-bond acceptors (Lipinski definition) is 3. The van der Waals surface area contributed by atoms with E-state index in [-0.39, 0.29) is 11.8 Å². The Bertz CT molecular complexity index is 286. The maximum absolute atomic E-state index is 12.1. The number of likely N-dealkylation sites (tertiary alicyclic amines) is 1. The van der Waals surface area contributed by atoms with Crippen LogP contribution in [-0.4, -0.2) is 47.7 Å². The van der Waals surface area contributed by atoms with E-state index in [2.05, 4.69) is 0 Å². The molecule has 0 aliphatic carbocycles. The molecule has 0 aromatic carbocycles. The molecule has 0 saturated carbocycles. The van der Waals surface area contributed by atoms with Gasteiger partial charge in [-0.05, 0) is 25.7 Å². The molecule has 0 radical (unpaired) electrons. The normalized spacial score (nSPS) is 30.4. The molecule has 2 unspecified atom stereocenters.